The predicted molar refractivity (Wildman–Crippen MR) is 103 cm³/mol. The van der Waals surface area contributed by atoms with Crippen molar-refractivity contribution in [1.82, 2.24) is 0 Å². The molecule has 0 aromatic heterocycles. The van der Waals surface area contributed by atoms with Crippen molar-refractivity contribution < 1.29 is 22.7 Å². The van der Waals surface area contributed by atoms with E-state index in [1.165, 1.54) is 32.1 Å². The normalized spacial score (nSPS) is 10.9. The van der Waals surface area contributed by atoms with Crippen molar-refractivity contribution in [2.75, 3.05) is 0 Å². The molecule has 0 unspecified atom stereocenters. The van der Waals surface area contributed by atoms with E-state index in [9.17, 15) is 19.8 Å². The van der Waals surface area contributed by atoms with E-state index in [2.05, 4.69) is 6.92 Å². The minimum Gasteiger partial charge on any atom is -1.00 e. The van der Waals surface area contributed by atoms with Gasteiger partial charge in [-0.15, -0.1) is 0 Å². The maximum absolute atomic E-state index is 11.7. The molecular formula is C20H32MgO4. The van der Waals surface area contributed by atoms with E-state index in [0.29, 0.717) is 12.0 Å². The van der Waals surface area contributed by atoms with Gasteiger partial charge in [0.25, 0.3) is 0 Å². The number of aliphatic carboxylic acids is 2. The van der Waals surface area contributed by atoms with Gasteiger partial charge in [0.2, 0.25) is 0 Å². The van der Waals surface area contributed by atoms with Crippen molar-refractivity contribution >= 4 is 35.0 Å². The Morgan fingerprint density at radius 1 is 0.840 bits per heavy atom. The van der Waals surface area contributed by atoms with Crippen molar-refractivity contribution in [3.05, 3.63) is 35.9 Å². The first-order valence-electron chi connectivity index (χ1n) is 9.08. The van der Waals surface area contributed by atoms with Crippen LogP contribution >= 0.6 is 0 Å². The summed E-state index contributed by atoms with van der Waals surface area (Å²) in [5, 5.41) is 19.2. The molecule has 0 bridgehead atoms. The van der Waals surface area contributed by atoms with Gasteiger partial charge in [0, 0.05) is 0 Å². The van der Waals surface area contributed by atoms with E-state index >= 15 is 0 Å². The molecule has 0 atom stereocenters. The first kappa shape index (κ1) is 23.9. The molecule has 1 aromatic carbocycles. The van der Waals surface area contributed by atoms with Crippen LogP contribution in [0.3, 0.4) is 0 Å². The Morgan fingerprint density at radius 3 is 1.72 bits per heavy atom. The summed E-state index contributed by atoms with van der Waals surface area (Å²) >= 11 is 0. The minimum atomic E-state index is -1.83. The third-order valence-electron chi connectivity index (χ3n) is 4.65. The minimum absolute atomic E-state index is 0. The largest absolute Gasteiger partial charge is 2.00 e. The van der Waals surface area contributed by atoms with Gasteiger partial charge in [0.1, 0.15) is 0 Å². The van der Waals surface area contributed by atoms with E-state index in [-0.39, 0.29) is 32.3 Å². The molecule has 0 spiro atoms. The standard InChI is InChI=1S/C20H30O4.Mg.2H/c1-2-3-4-5-6-7-8-9-13-16-20(18(21)22,19(23)24)17-14-11-10-12-15-17;;;/h10-12,14-15H,2-9,13,16H2,1H3,(H,21,22)(H,23,24);;;/q;+2;2*-1. The van der Waals surface area contributed by atoms with Crippen molar-refractivity contribution in [2.24, 2.45) is 0 Å². The summed E-state index contributed by atoms with van der Waals surface area (Å²) < 4.78 is 0. The molecule has 0 radical (unpaired) electrons. The summed E-state index contributed by atoms with van der Waals surface area (Å²) in [5.74, 6) is -2.55. The van der Waals surface area contributed by atoms with Crippen molar-refractivity contribution in [1.29, 1.82) is 0 Å². The molecule has 1 rings (SSSR count). The number of carbonyl (C=O) groups is 2. The van der Waals surface area contributed by atoms with Gasteiger partial charge in [-0.05, 0) is 12.0 Å². The second-order valence-electron chi connectivity index (χ2n) is 6.46. The smallest absolute Gasteiger partial charge is 1.00 e. The average Bonchev–Trinajstić information content (AvgIpc) is 2.57. The molecule has 1 aromatic rings. The average molecular weight is 361 g/mol. The molecule has 0 amide bonds. The number of hydrogen-bond acceptors (Lipinski definition) is 2. The quantitative estimate of drug-likeness (QED) is 0.299. The van der Waals surface area contributed by atoms with Crippen LogP contribution in [0.15, 0.2) is 30.3 Å². The molecule has 4 nitrogen and oxygen atoms in total. The zero-order valence-electron chi connectivity index (χ0n) is 17.4. The van der Waals surface area contributed by atoms with Gasteiger partial charge in [0.05, 0.1) is 0 Å². The molecule has 25 heavy (non-hydrogen) atoms. The van der Waals surface area contributed by atoms with E-state index in [4.69, 9.17) is 0 Å². The number of carboxylic acid groups (broad SMARTS) is 2. The Labute approximate surface area is 170 Å². The SMILES string of the molecule is CCCCCCCCCCCC(C(=O)O)(C(=O)O)c1ccccc1.[H-].[H-].[Mg+2]. The number of unbranched alkanes of at least 4 members (excludes halogenated alkanes) is 8. The summed E-state index contributed by atoms with van der Waals surface area (Å²) in [6.07, 6.45) is 10.1. The molecule has 0 saturated heterocycles. The van der Waals surface area contributed by atoms with Crippen LogP contribution in [0, 0.1) is 0 Å². The van der Waals surface area contributed by atoms with Crippen LogP contribution in [-0.4, -0.2) is 45.2 Å². The zero-order valence-corrected chi connectivity index (χ0v) is 16.8. The van der Waals surface area contributed by atoms with Gasteiger partial charge < -0.3 is 13.1 Å². The summed E-state index contributed by atoms with van der Waals surface area (Å²) in [5.41, 5.74) is -1.48. The van der Waals surface area contributed by atoms with E-state index in [1.54, 1.807) is 30.3 Å². The molecule has 2 N–H and O–H groups in total. The molecule has 0 aliphatic carbocycles. The molecule has 0 fully saturated rings. The maximum Gasteiger partial charge on any atom is 2.00 e. The zero-order chi connectivity index (χ0) is 17.8. The Hall–Kier alpha value is -1.07. The molecule has 0 heterocycles. The molecule has 0 aliphatic heterocycles. The summed E-state index contributed by atoms with van der Waals surface area (Å²) in [6.45, 7) is 2.20. The fraction of sp³-hybridized carbons (Fsp3) is 0.600. The molecular weight excluding hydrogens is 329 g/mol. The van der Waals surface area contributed by atoms with Crippen LogP contribution in [0.2, 0.25) is 0 Å². The molecule has 5 heteroatoms. The first-order chi connectivity index (χ1) is 11.6. The Bertz CT molecular complexity index is 498. The number of carboxylic acids is 2. The van der Waals surface area contributed by atoms with Crippen molar-refractivity contribution in [2.45, 2.75) is 76.5 Å². The number of hydrogen-bond donors (Lipinski definition) is 2. The van der Waals surface area contributed by atoms with Gasteiger partial charge in [0.15, 0.2) is 5.41 Å². The van der Waals surface area contributed by atoms with Crippen LogP contribution in [0.25, 0.3) is 0 Å². The summed E-state index contributed by atoms with van der Waals surface area (Å²) in [4.78, 5) is 23.5. The monoisotopic (exact) mass is 360 g/mol. The Morgan fingerprint density at radius 2 is 1.28 bits per heavy atom. The second kappa shape index (κ2) is 13.2. The van der Waals surface area contributed by atoms with Gasteiger partial charge >= 0.3 is 35.0 Å². The van der Waals surface area contributed by atoms with Gasteiger partial charge in [-0.25, -0.2) is 0 Å². The van der Waals surface area contributed by atoms with E-state index in [0.717, 1.165) is 19.3 Å². The Balaban J connectivity index is -0.00000192. The van der Waals surface area contributed by atoms with Gasteiger partial charge in [-0.3, -0.25) is 9.59 Å². The number of benzene rings is 1. The van der Waals surface area contributed by atoms with Crippen molar-refractivity contribution in [3.8, 4) is 0 Å². The molecule has 138 valence electrons. The maximum atomic E-state index is 11.7. The predicted octanol–water partition coefficient (Wildman–Crippen LogP) is 4.86. The van der Waals surface area contributed by atoms with E-state index in [1.807, 2.05) is 0 Å². The molecule has 0 aliphatic rings. The summed E-state index contributed by atoms with van der Waals surface area (Å²) in [7, 11) is 0. The fourth-order valence-corrected chi connectivity index (χ4v) is 3.12. The van der Waals surface area contributed by atoms with Crippen LogP contribution < -0.4 is 0 Å². The molecule has 0 saturated carbocycles. The Kier molecular flexibility index (Phi) is 12.6. The van der Waals surface area contributed by atoms with Crippen LogP contribution in [0.1, 0.15) is 79.5 Å². The third-order valence-corrected chi connectivity index (χ3v) is 4.65. The summed E-state index contributed by atoms with van der Waals surface area (Å²) in [6, 6.07) is 8.32. The topological polar surface area (TPSA) is 74.6 Å². The van der Waals surface area contributed by atoms with Crippen molar-refractivity contribution in [3.63, 3.8) is 0 Å². The number of rotatable bonds is 13. The third kappa shape index (κ3) is 7.36. The van der Waals surface area contributed by atoms with Crippen LogP contribution in [0.5, 0.6) is 0 Å². The first-order valence-corrected chi connectivity index (χ1v) is 9.08. The van der Waals surface area contributed by atoms with Gasteiger partial charge in [-0.2, -0.15) is 0 Å². The van der Waals surface area contributed by atoms with Crippen LogP contribution in [-0.2, 0) is 15.0 Å². The van der Waals surface area contributed by atoms with Crippen LogP contribution in [0.4, 0.5) is 0 Å². The second-order valence-corrected chi connectivity index (χ2v) is 6.46. The fourth-order valence-electron chi connectivity index (χ4n) is 3.12. The van der Waals surface area contributed by atoms with E-state index < -0.39 is 17.4 Å². The van der Waals surface area contributed by atoms with Gasteiger partial charge in [-0.1, -0.05) is 95.0 Å².